The first-order valence-corrected chi connectivity index (χ1v) is 12.8. The monoisotopic (exact) mass is 506 g/mol. The highest BCUT2D eigenvalue weighted by Crippen LogP contribution is 2.24. The summed E-state index contributed by atoms with van der Waals surface area (Å²) >= 11 is 5.35. The van der Waals surface area contributed by atoms with Gasteiger partial charge in [-0.05, 0) is 67.2 Å². The van der Waals surface area contributed by atoms with E-state index in [0.717, 1.165) is 17.9 Å². The van der Waals surface area contributed by atoms with E-state index >= 15 is 0 Å². The Balaban J connectivity index is 1.42. The summed E-state index contributed by atoms with van der Waals surface area (Å²) in [6, 6.07) is 24.0. The van der Waals surface area contributed by atoms with Crippen molar-refractivity contribution < 1.29 is 19.0 Å². The van der Waals surface area contributed by atoms with Crippen molar-refractivity contribution >= 4 is 28.9 Å². The molecule has 0 fully saturated rings. The fourth-order valence-electron chi connectivity index (χ4n) is 3.45. The topological polar surface area (TPSA) is 68.8 Å². The minimum absolute atomic E-state index is 0.184. The van der Waals surface area contributed by atoms with Crippen molar-refractivity contribution in [1.29, 1.82) is 0 Å². The number of hydrogen-bond donors (Lipinski definition) is 2. The van der Waals surface area contributed by atoms with Crippen LogP contribution in [0.15, 0.2) is 78.9 Å². The molecule has 0 radical (unpaired) electrons. The molecule has 0 saturated heterocycles. The Bertz CT molecular complexity index is 1070. The maximum Gasteiger partial charge on any atom is 0.257 e. The molecular formula is C29H34N2O4S. The van der Waals surface area contributed by atoms with Crippen molar-refractivity contribution in [1.82, 2.24) is 5.32 Å². The van der Waals surface area contributed by atoms with Crippen molar-refractivity contribution in [2.24, 2.45) is 0 Å². The van der Waals surface area contributed by atoms with Gasteiger partial charge in [0.25, 0.3) is 5.91 Å². The van der Waals surface area contributed by atoms with Gasteiger partial charge in [-0.3, -0.25) is 10.1 Å². The second-order valence-corrected chi connectivity index (χ2v) is 8.61. The molecule has 0 aliphatic rings. The normalized spacial score (nSPS) is 10.4. The van der Waals surface area contributed by atoms with Gasteiger partial charge in [0.05, 0.1) is 12.3 Å². The van der Waals surface area contributed by atoms with E-state index in [2.05, 4.69) is 17.6 Å². The molecule has 0 saturated carbocycles. The predicted molar refractivity (Wildman–Crippen MR) is 148 cm³/mol. The summed E-state index contributed by atoms with van der Waals surface area (Å²) in [5.74, 6) is 1.86. The summed E-state index contributed by atoms with van der Waals surface area (Å²) in [5, 5.41) is 5.94. The predicted octanol–water partition coefficient (Wildman–Crippen LogP) is 6.62. The zero-order valence-electron chi connectivity index (χ0n) is 20.7. The van der Waals surface area contributed by atoms with Crippen LogP contribution in [0.4, 0.5) is 5.69 Å². The zero-order valence-corrected chi connectivity index (χ0v) is 21.5. The highest BCUT2D eigenvalue weighted by molar-refractivity contribution is 7.80. The van der Waals surface area contributed by atoms with Crippen molar-refractivity contribution in [3.8, 4) is 17.2 Å². The van der Waals surface area contributed by atoms with E-state index in [0.29, 0.717) is 36.8 Å². The fraction of sp³-hybridized carbons (Fsp3) is 0.310. The first-order valence-electron chi connectivity index (χ1n) is 12.4. The molecule has 36 heavy (non-hydrogen) atoms. The molecule has 2 N–H and O–H groups in total. The number of carbonyl (C=O) groups excluding carboxylic acids is 1. The number of rotatable bonds is 14. The largest absolute Gasteiger partial charge is 0.494 e. The number of anilines is 1. The number of thiocarbonyl (C=S) groups is 1. The smallest absolute Gasteiger partial charge is 0.257 e. The fourth-order valence-corrected chi connectivity index (χ4v) is 3.65. The Morgan fingerprint density at radius 3 is 2.14 bits per heavy atom. The third kappa shape index (κ3) is 9.58. The number of para-hydroxylation sites is 3. The summed E-state index contributed by atoms with van der Waals surface area (Å²) in [6.45, 7) is 3.65. The number of nitrogens with one attached hydrogen (secondary N) is 2. The molecule has 7 heteroatoms. The summed E-state index contributed by atoms with van der Waals surface area (Å²) in [6.07, 6.45) is 5.95. The SMILES string of the molecule is CCCCCCCOc1ccc(C(=O)NC(=S)Nc2ccccc2OCCOc2ccccc2)cc1. The Labute approximate surface area is 219 Å². The van der Waals surface area contributed by atoms with Gasteiger partial charge < -0.3 is 19.5 Å². The second-order valence-electron chi connectivity index (χ2n) is 8.20. The number of ether oxygens (including phenoxy) is 3. The highest BCUT2D eigenvalue weighted by atomic mass is 32.1. The lowest BCUT2D eigenvalue weighted by atomic mass is 10.2. The Kier molecular flexibility index (Phi) is 11.6. The Morgan fingerprint density at radius 2 is 1.36 bits per heavy atom. The summed E-state index contributed by atoms with van der Waals surface area (Å²) in [5.41, 5.74) is 1.15. The molecule has 0 bridgehead atoms. The van der Waals surface area contributed by atoms with Crippen molar-refractivity contribution in [3.63, 3.8) is 0 Å². The van der Waals surface area contributed by atoms with Gasteiger partial charge in [-0.15, -0.1) is 0 Å². The van der Waals surface area contributed by atoms with Gasteiger partial charge in [0.15, 0.2) is 5.11 Å². The van der Waals surface area contributed by atoms with Crippen LogP contribution in [0.5, 0.6) is 17.2 Å². The minimum atomic E-state index is -0.298. The minimum Gasteiger partial charge on any atom is -0.494 e. The van der Waals surface area contributed by atoms with Gasteiger partial charge in [0.1, 0.15) is 30.5 Å². The molecule has 0 aliphatic carbocycles. The average Bonchev–Trinajstić information content (AvgIpc) is 2.90. The maximum absolute atomic E-state index is 12.6. The summed E-state index contributed by atoms with van der Waals surface area (Å²) < 4.78 is 17.3. The number of hydrogen-bond acceptors (Lipinski definition) is 5. The van der Waals surface area contributed by atoms with Crippen molar-refractivity contribution in [2.45, 2.75) is 39.0 Å². The quantitative estimate of drug-likeness (QED) is 0.189. The molecule has 3 aromatic carbocycles. The van der Waals surface area contributed by atoms with E-state index in [9.17, 15) is 4.79 Å². The molecule has 0 atom stereocenters. The lowest BCUT2D eigenvalue weighted by Gasteiger charge is -2.15. The van der Waals surface area contributed by atoms with E-state index in [1.165, 1.54) is 25.7 Å². The number of benzene rings is 3. The van der Waals surface area contributed by atoms with Gasteiger partial charge in [-0.2, -0.15) is 0 Å². The molecule has 190 valence electrons. The zero-order chi connectivity index (χ0) is 25.4. The van der Waals surface area contributed by atoms with Gasteiger partial charge in [-0.25, -0.2) is 0 Å². The average molecular weight is 507 g/mol. The second kappa shape index (κ2) is 15.4. The molecule has 3 aromatic rings. The lowest BCUT2D eigenvalue weighted by molar-refractivity contribution is 0.0977. The van der Waals surface area contributed by atoms with Crippen LogP contribution in [0.25, 0.3) is 0 Å². The van der Waals surface area contributed by atoms with Crippen LogP contribution < -0.4 is 24.8 Å². The van der Waals surface area contributed by atoms with E-state index in [4.69, 9.17) is 26.4 Å². The summed E-state index contributed by atoms with van der Waals surface area (Å²) in [7, 11) is 0. The van der Waals surface area contributed by atoms with Crippen LogP contribution in [0.3, 0.4) is 0 Å². The third-order valence-corrected chi connectivity index (χ3v) is 5.55. The van der Waals surface area contributed by atoms with Crippen LogP contribution in [0, 0.1) is 0 Å². The van der Waals surface area contributed by atoms with Crippen LogP contribution in [-0.4, -0.2) is 30.8 Å². The molecule has 0 aliphatic heterocycles. The van der Waals surface area contributed by atoms with E-state index in [1.54, 1.807) is 24.3 Å². The molecule has 0 aromatic heterocycles. The third-order valence-electron chi connectivity index (χ3n) is 5.35. The molecule has 6 nitrogen and oxygen atoms in total. The lowest BCUT2D eigenvalue weighted by Crippen LogP contribution is -2.34. The Morgan fingerprint density at radius 1 is 0.722 bits per heavy atom. The molecule has 0 spiro atoms. The molecule has 3 rings (SSSR count). The van der Waals surface area contributed by atoms with E-state index < -0.39 is 0 Å². The van der Waals surface area contributed by atoms with Gasteiger partial charge in [0, 0.05) is 5.56 Å². The van der Waals surface area contributed by atoms with E-state index in [1.807, 2.05) is 54.6 Å². The standard InChI is InChI=1S/C29H34N2O4S/c1-2-3-4-5-11-20-33-25-18-16-23(17-19-25)28(32)31-29(36)30-26-14-9-10-15-27(26)35-22-21-34-24-12-7-6-8-13-24/h6-10,12-19H,2-5,11,20-22H2,1H3,(H2,30,31,32,36). The van der Waals surface area contributed by atoms with Crippen molar-refractivity contribution in [2.75, 3.05) is 25.1 Å². The van der Waals surface area contributed by atoms with Gasteiger partial charge in [0.2, 0.25) is 0 Å². The maximum atomic E-state index is 12.6. The first kappa shape index (κ1) is 27.0. The number of unbranched alkanes of at least 4 members (excludes halogenated alkanes) is 4. The van der Waals surface area contributed by atoms with Gasteiger partial charge in [-0.1, -0.05) is 62.9 Å². The van der Waals surface area contributed by atoms with Crippen LogP contribution in [0.2, 0.25) is 0 Å². The first-order chi connectivity index (χ1) is 17.7. The van der Waals surface area contributed by atoms with Crippen LogP contribution in [-0.2, 0) is 0 Å². The molecule has 0 unspecified atom stereocenters. The van der Waals surface area contributed by atoms with Crippen LogP contribution in [0.1, 0.15) is 49.4 Å². The molecular weight excluding hydrogens is 472 g/mol. The van der Waals surface area contributed by atoms with E-state index in [-0.39, 0.29) is 11.0 Å². The highest BCUT2D eigenvalue weighted by Gasteiger charge is 2.10. The van der Waals surface area contributed by atoms with Crippen LogP contribution >= 0.6 is 12.2 Å². The molecule has 0 heterocycles. The number of amides is 1. The number of carbonyl (C=O) groups is 1. The Hall–Kier alpha value is -3.58. The summed E-state index contributed by atoms with van der Waals surface area (Å²) in [4.78, 5) is 12.6. The van der Waals surface area contributed by atoms with Crippen molar-refractivity contribution in [3.05, 3.63) is 84.4 Å². The molecule has 1 amide bonds. The van der Waals surface area contributed by atoms with Gasteiger partial charge >= 0.3 is 0 Å².